The van der Waals surface area contributed by atoms with Crippen LogP contribution in [0.25, 0.3) is 6.08 Å². The van der Waals surface area contributed by atoms with Crippen LogP contribution in [0.15, 0.2) is 47.1 Å². The van der Waals surface area contributed by atoms with Gasteiger partial charge in [0.15, 0.2) is 5.78 Å². The molecule has 0 unspecified atom stereocenters. The van der Waals surface area contributed by atoms with E-state index in [-0.39, 0.29) is 16.6 Å². The van der Waals surface area contributed by atoms with E-state index in [0.29, 0.717) is 0 Å². The van der Waals surface area contributed by atoms with Gasteiger partial charge in [0.1, 0.15) is 0 Å². The van der Waals surface area contributed by atoms with Gasteiger partial charge in [0.2, 0.25) is 0 Å². The second-order valence-corrected chi connectivity index (χ2v) is 8.93. The Morgan fingerprint density at radius 3 is 1.96 bits per heavy atom. The highest BCUT2D eigenvalue weighted by molar-refractivity contribution is 6.15. The molecule has 1 aromatic rings. The smallest absolute Gasteiger partial charge is 0.189 e. The summed E-state index contributed by atoms with van der Waals surface area (Å²) in [4.78, 5) is 13.0. The molecule has 1 nitrogen and oxygen atoms in total. The molecule has 128 valence electrons. The fraction of sp³-hybridized carbons (Fsp3) is 0.435. The number of allylic oxidation sites excluding steroid dienone is 5. The van der Waals surface area contributed by atoms with Crippen LogP contribution in [0.4, 0.5) is 0 Å². The van der Waals surface area contributed by atoms with E-state index in [9.17, 15) is 4.79 Å². The summed E-state index contributed by atoms with van der Waals surface area (Å²) in [5, 5.41) is 0. The molecule has 0 aromatic heterocycles. The average Bonchev–Trinajstić information content (AvgIpc) is 2.42. The third-order valence-electron chi connectivity index (χ3n) is 4.64. The van der Waals surface area contributed by atoms with Crippen LogP contribution >= 0.6 is 0 Å². The molecule has 1 aliphatic carbocycles. The Morgan fingerprint density at radius 1 is 0.833 bits per heavy atom. The summed E-state index contributed by atoms with van der Waals surface area (Å²) in [7, 11) is 0. The molecule has 1 heteroatoms. The van der Waals surface area contributed by atoms with Crippen molar-refractivity contribution in [3.8, 4) is 0 Å². The Hall–Kier alpha value is -1.89. The quantitative estimate of drug-likeness (QED) is 0.561. The van der Waals surface area contributed by atoms with Crippen LogP contribution in [0.1, 0.15) is 58.2 Å². The number of benzene rings is 1. The van der Waals surface area contributed by atoms with Crippen LogP contribution < -0.4 is 0 Å². The molecule has 0 saturated heterocycles. The summed E-state index contributed by atoms with van der Waals surface area (Å²) in [5.41, 5.74) is 6.35. The van der Waals surface area contributed by atoms with Crippen molar-refractivity contribution in [3.05, 3.63) is 63.8 Å². The van der Waals surface area contributed by atoms with Crippen molar-refractivity contribution in [3.63, 3.8) is 0 Å². The molecule has 24 heavy (non-hydrogen) atoms. The number of Topliss-reactive ketones (excluding diaryl/α,β-unsaturated/α-hetero) is 1. The van der Waals surface area contributed by atoms with E-state index < -0.39 is 0 Å². The molecule has 0 aliphatic heterocycles. The Labute approximate surface area is 147 Å². The lowest BCUT2D eigenvalue weighted by atomic mass is 9.73. The second-order valence-electron chi connectivity index (χ2n) is 8.93. The number of carbonyl (C=O) groups is 1. The fourth-order valence-electron chi connectivity index (χ4n) is 2.78. The highest BCUT2D eigenvalue weighted by Crippen LogP contribution is 2.38. The Kier molecular flexibility index (Phi) is 4.77. The number of rotatable bonds is 1. The molecule has 0 N–H and O–H groups in total. The molecule has 0 bridgehead atoms. The van der Waals surface area contributed by atoms with Gasteiger partial charge >= 0.3 is 0 Å². The number of ketones is 1. The van der Waals surface area contributed by atoms with Gasteiger partial charge in [-0.15, -0.1) is 0 Å². The van der Waals surface area contributed by atoms with Gasteiger partial charge in [-0.3, -0.25) is 4.79 Å². The normalized spacial score (nSPS) is 17.8. The molecular formula is C23H30O. The van der Waals surface area contributed by atoms with Crippen LogP contribution in [0.2, 0.25) is 0 Å². The van der Waals surface area contributed by atoms with Gasteiger partial charge in [0.05, 0.1) is 0 Å². The van der Waals surface area contributed by atoms with Crippen molar-refractivity contribution in [2.75, 3.05) is 0 Å². The van der Waals surface area contributed by atoms with Crippen molar-refractivity contribution in [1.29, 1.82) is 0 Å². The number of carbonyl (C=O) groups excluding carboxylic acids is 1. The first kappa shape index (κ1) is 18.4. The first-order chi connectivity index (χ1) is 10.9. The van der Waals surface area contributed by atoms with Gasteiger partial charge in [0, 0.05) is 11.1 Å². The van der Waals surface area contributed by atoms with E-state index in [1.165, 1.54) is 16.7 Å². The number of hydrogen-bond donors (Lipinski definition) is 0. The van der Waals surface area contributed by atoms with Gasteiger partial charge in [-0.05, 0) is 59.1 Å². The van der Waals surface area contributed by atoms with Crippen molar-refractivity contribution in [2.45, 2.75) is 55.4 Å². The summed E-state index contributed by atoms with van der Waals surface area (Å²) in [6.07, 6.45) is 6.19. The topological polar surface area (TPSA) is 17.1 Å². The maximum absolute atomic E-state index is 13.0. The molecule has 2 rings (SSSR count). The molecule has 0 spiro atoms. The summed E-state index contributed by atoms with van der Waals surface area (Å²) in [5.74, 6) is 0.147. The zero-order valence-corrected chi connectivity index (χ0v) is 16.4. The van der Waals surface area contributed by atoms with Crippen LogP contribution in [0, 0.1) is 24.7 Å². The SMILES string of the molecule is Cc1ccc(C=C2C=C(C(C)(C)C)C=C(C(C)(C)C)C2=O)cc1C. The Balaban J connectivity index is 2.58. The summed E-state index contributed by atoms with van der Waals surface area (Å²) in [6, 6.07) is 6.35. The summed E-state index contributed by atoms with van der Waals surface area (Å²) >= 11 is 0. The van der Waals surface area contributed by atoms with Gasteiger partial charge in [-0.1, -0.05) is 65.8 Å². The monoisotopic (exact) mass is 322 g/mol. The summed E-state index contributed by atoms with van der Waals surface area (Å²) in [6.45, 7) is 17.1. The van der Waals surface area contributed by atoms with Crippen molar-refractivity contribution in [2.24, 2.45) is 10.8 Å². The largest absolute Gasteiger partial charge is 0.289 e. The van der Waals surface area contributed by atoms with Gasteiger partial charge in [0.25, 0.3) is 0 Å². The molecule has 0 heterocycles. The zero-order chi connectivity index (χ0) is 18.3. The number of hydrogen-bond acceptors (Lipinski definition) is 1. The lowest BCUT2D eigenvalue weighted by molar-refractivity contribution is -0.112. The van der Waals surface area contributed by atoms with Crippen LogP contribution in [-0.4, -0.2) is 5.78 Å². The van der Waals surface area contributed by atoms with E-state index in [0.717, 1.165) is 16.7 Å². The maximum Gasteiger partial charge on any atom is 0.189 e. The minimum atomic E-state index is -0.163. The molecule has 0 radical (unpaired) electrons. The minimum Gasteiger partial charge on any atom is -0.289 e. The average molecular weight is 322 g/mol. The van der Waals surface area contributed by atoms with Crippen LogP contribution in [0.3, 0.4) is 0 Å². The third-order valence-corrected chi connectivity index (χ3v) is 4.64. The lowest BCUT2D eigenvalue weighted by Gasteiger charge is -2.30. The molecule has 1 aliphatic rings. The lowest BCUT2D eigenvalue weighted by Crippen LogP contribution is -2.24. The van der Waals surface area contributed by atoms with E-state index >= 15 is 0 Å². The predicted molar refractivity (Wildman–Crippen MR) is 104 cm³/mol. The molecule has 0 saturated carbocycles. The maximum atomic E-state index is 13.0. The van der Waals surface area contributed by atoms with E-state index in [1.807, 2.05) is 6.08 Å². The Bertz CT molecular complexity index is 756. The first-order valence-electron chi connectivity index (χ1n) is 8.67. The van der Waals surface area contributed by atoms with Crippen molar-refractivity contribution < 1.29 is 4.79 Å². The molecule has 0 fully saturated rings. The van der Waals surface area contributed by atoms with Crippen molar-refractivity contribution >= 4 is 11.9 Å². The third kappa shape index (κ3) is 3.95. The highest BCUT2D eigenvalue weighted by atomic mass is 16.1. The Morgan fingerprint density at radius 2 is 1.46 bits per heavy atom. The van der Waals surface area contributed by atoms with E-state index in [1.54, 1.807) is 0 Å². The molecule has 0 amide bonds. The summed E-state index contributed by atoms with van der Waals surface area (Å²) < 4.78 is 0. The highest BCUT2D eigenvalue weighted by Gasteiger charge is 2.31. The van der Waals surface area contributed by atoms with Crippen LogP contribution in [-0.2, 0) is 4.79 Å². The van der Waals surface area contributed by atoms with Gasteiger partial charge in [-0.2, -0.15) is 0 Å². The van der Waals surface area contributed by atoms with Gasteiger partial charge in [-0.25, -0.2) is 0 Å². The molecular weight excluding hydrogens is 292 g/mol. The second kappa shape index (κ2) is 6.20. The molecule has 1 aromatic carbocycles. The standard InChI is InChI=1S/C23H30O/c1-15-9-10-17(11-16(15)2)12-18-13-19(22(3,4)5)14-20(21(18)24)23(6,7)8/h9-14H,1-8H3. The fourth-order valence-corrected chi connectivity index (χ4v) is 2.78. The van der Waals surface area contributed by atoms with E-state index in [4.69, 9.17) is 0 Å². The number of aryl methyl sites for hydroxylation is 2. The van der Waals surface area contributed by atoms with Crippen LogP contribution in [0.5, 0.6) is 0 Å². The van der Waals surface area contributed by atoms with Gasteiger partial charge < -0.3 is 0 Å². The molecule has 0 atom stereocenters. The first-order valence-corrected chi connectivity index (χ1v) is 8.67. The minimum absolute atomic E-state index is 0.0134. The zero-order valence-electron chi connectivity index (χ0n) is 16.4. The van der Waals surface area contributed by atoms with Crippen molar-refractivity contribution in [1.82, 2.24) is 0 Å². The van der Waals surface area contributed by atoms with E-state index in [2.05, 4.69) is 85.7 Å². The predicted octanol–water partition coefficient (Wildman–Crippen LogP) is 6.21.